The molecule has 0 spiro atoms. The van der Waals surface area contributed by atoms with Crippen molar-refractivity contribution in [3.8, 4) is 0 Å². The van der Waals surface area contributed by atoms with Gasteiger partial charge in [0.25, 0.3) is 0 Å². The molecule has 0 aliphatic carbocycles. The van der Waals surface area contributed by atoms with E-state index in [0.29, 0.717) is 0 Å². The molecular weight excluding hydrogens is 552 g/mol. The van der Waals surface area contributed by atoms with Crippen molar-refractivity contribution < 1.29 is 18.9 Å². The molecule has 12 heteroatoms. The summed E-state index contributed by atoms with van der Waals surface area (Å²) in [5.74, 6) is -0.346. The Morgan fingerprint density at radius 3 is 1.68 bits per heavy atom. The smallest absolute Gasteiger partial charge is 0.303 e. The van der Waals surface area contributed by atoms with Gasteiger partial charge in [0, 0.05) is 23.6 Å². The Morgan fingerprint density at radius 1 is 1.05 bits per heavy atom. The van der Waals surface area contributed by atoms with Crippen LogP contribution in [0.3, 0.4) is 0 Å². The highest BCUT2D eigenvalue weighted by Crippen LogP contribution is 2.53. The van der Waals surface area contributed by atoms with Gasteiger partial charge in [-0.3, -0.25) is 4.52 Å². The number of halogens is 7. The van der Waals surface area contributed by atoms with Gasteiger partial charge in [0.2, 0.25) is 0 Å². The second-order valence-electron chi connectivity index (χ2n) is 4.42. The van der Waals surface area contributed by atoms with Crippen LogP contribution in [0.1, 0.15) is 12.8 Å². The van der Waals surface area contributed by atoms with Crippen molar-refractivity contribution >= 4 is 97.7 Å². The van der Waals surface area contributed by atoms with Gasteiger partial charge in [-0.25, -0.2) is 4.57 Å². The Bertz CT molecular complexity index is 361. The van der Waals surface area contributed by atoms with Crippen molar-refractivity contribution in [1.82, 2.24) is 0 Å². The van der Waals surface area contributed by atoms with Crippen LogP contribution in [0.2, 0.25) is 0 Å². The summed E-state index contributed by atoms with van der Waals surface area (Å²) in [5, 5.41) is -1.77. The van der Waals surface area contributed by atoms with Gasteiger partial charge in [0.05, 0.1) is 14.5 Å². The molecule has 0 saturated heterocycles. The zero-order chi connectivity index (χ0) is 17.6. The Kier molecular flexibility index (Phi) is 12.6. The Balaban J connectivity index is 6.04. The zero-order valence-corrected chi connectivity index (χ0v) is 19.0. The van der Waals surface area contributed by atoms with Gasteiger partial charge < -0.3 is 9.79 Å². The van der Waals surface area contributed by atoms with E-state index < -0.39 is 33.8 Å². The van der Waals surface area contributed by atoms with E-state index in [1.807, 2.05) is 0 Å². The van der Waals surface area contributed by atoms with Gasteiger partial charge in [-0.1, -0.05) is 31.9 Å². The third kappa shape index (κ3) is 7.03. The van der Waals surface area contributed by atoms with Crippen LogP contribution in [-0.4, -0.2) is 47.5 Å². The molecule has 0 amide bonds. The average molecular weight is 568 g/mol. The van der Waals surface area contributed by atoms with E-state index in [1.54, 1.807) is 0 Å². The van der Waals surface area contributed by atoms with Gasteiger partial charge in [0.1, 0.15) is 5.60 Å². The molecule has 0 aliphatic heterocycles. The lowest BCUT2D eigenvalue weighted by molar-refractivity contribution is -0.0119. The third-order valence-corrected chi connectivity index (χ3v) is 6.75. The standard InChI is InChI=1S/C10H16Br2Cl5O4P/c11-9(12)6(5-15)10(7(16)1-3-13,8(17)2-4-14)21-22(18,19)20/h6-9H,1-5H2,(H2,18,19,20). The van der Waals surface area contributed by atoms with E-state index in [2.05, 4.69) is 31.9 Å². The number of phosphoric acid groups is 1. The van der Waals surface area contributed by atoms with E-state index >= 15 is 0 Å². The first kappa shape index (κ1) is 24.5. The van der Waals surface area contributed by atoms with E-state index in [-0.39, 0.29) is 30.5 Å². The van der Waals surface area contributed by atoms with Gasteiger partial charge >= 0.3 is 7.82 Å². The molecule has 4 nitrogen and oxygen atoms in total. The van der Waals surface area contributed by atoms with Gasteiger partial charge in [0.15, 0.2) is 0 Å². The zero-order valence-electron chi connectivity index (χ0n) is 11.1. The van der Waals surface area contributed by atoms with E-state index in [0.717, 1.165) is 0 Å². The lowest BCUT2D eigenvalue weighted by Crippen LogP contribution is -2.57. The minimum Gasteiger partial charge on any atom is -0.303 e. The number of hydrogen-bond acceptors (Lipinski definition) is 2. The van der Waals surface area contributed by atoms with E-state index in [1.165, 1.54) is 0 Å². The molecule has 0 rings (SSSR count). The van der Waals surface area contributed by atoms with Crippen molar-refractivity contribution in [1.29, 1.82) is 0 Å². The highest BCUT2D eigenvalue weighted by Gasteiger charge is 2.55. The topological polar surface area (TPSA) is 66.8 Å². The fourth-order valence-corrected chi connectivity index (χ4v) is 6.71. The van der Waals surface area contributed by atoms with Crippen LogP contribution in [0, 0.1) is 5.92 Å². The van der Waals surface area contributed by atoms with E-state index in [4.69, 9.17) is 62.5 Å². The van der Waals surface area contributed by atoms with E-state index in [9.17, 15) is 14.4 Å². The number of phosphoric ester groups is 1. The van der Waals surface area contributed by atoms with Crippen molar-refractivity contribution in [2.24, 2.45) is 5.92 Å². The first-order chi connectivity index (χ1) is 10.1. The minimum atomic E-state index is -4.90. The molecular formula is C10H16Br2Cl5O4P. The molecule has 3 atom stereocenters. The van der Waals surface area contributed by atoms with Crippen molar-refractivity contribution in [3.05, 3.63) is 0 Å². The Labute approximate surface area is 172 Å². The van der Waals surface area contributed by atoms with Gasteiger partial charge in [-0.15, -0.1) is 58.0 Å². The molecule has 0 saturated carbocycles. The fraction of sp³-hybridized carbons (Fsp3) is 1.00. The maximum absolute atomic E-state index is 11.5. The highest BCUT2D eigenvalue weighted by atomic mass is 79.9. The maximum atomic E-state index is 11.5. The van der Waals surface area contributed by atoms with Crippen molar-refractivity contribution in [2.75, 3.05) is 17.6 Å². The third-order valence-electron chi connectivity index (χ3n) is 3.03. The second-order valence-corrected chi connectivity index (χ2v) is 10.9. The molecule has 0 aromatic carbocycles. The lowest BCUT2D eigenvalue weighted by atomic mass is 9.81. The number of rotatable bonds is 11. The first-order valence-corrected chi connectivity index (χ1v) is 11.9. The summed E-state index contributed by atoms with van der Waals surface area (Å²) in [7, 11) is -4.90. The predicted molar refractivity (Wildman–Crippen MR) is 102 cm³/mol. The molecule has 0 fully saturated rings. The van der Waals surface area contributed by atoms with Crippen molar-refractivity contribution in [3.63, 3.8) is 0 Å². The lowest BCUT2D eigenvalue weighted by Gasteiger charge is -2.46. The first-order valence-electron chi connectivity index (χ1n) is 6.07. The molecule has 0 aromatic heterocycles. The van der Waals surface area contributed by atoms with Crippen LogP contribution in [0.5, 0.6) is 0 Å². The maximum Gasteiger partial charge on any atom is 0.470 e. The fourth-order valence-electron chi connectivity index (χ4n) is 2.08. The molecule has 0 bridgehead atoms. The van der Waals surface area contributed by atoms with Crippen LogP contribution in [0.15, 0.2) is 0 Å². The minimum absolute atomic E-state index is 0.0157. The summed E-state index contributed by atoms with van der Waals surface area (Å²) in [6, 6.07) is 0. The molecule has 2 N–H and O–H groups in total. The molecule has 3 unspecified atom stereocenters. The van der Waals surface area contributed by atoms with Crippen molar-refractivity contribution in [2.45, 2.75) is 32.9 Å². The summed E-state index contributed by atoms with van der Waals surface area (Å²) in [5.41, 5.74) is -1.63. The predicted octanol–water partition coefficient (Wildman–Crippen LogP) is 5.28. The summed E-state index contributed by atoms with van der Waals surface area (Å²) >= 11 is 36.8. The molecule has 0 radical (unpaired) electrons. The SMILES string of the molecule is O=P(O)(O)OC(C(Cl)CCCl)(C(Cl)CCCl)C(CCl)C(Br)Br. The summed E-state index contributed by atoms with van der Waals surface area (Å²) in [6.07, 6.45) is 0.434. The van der Waals surface area contributed by atoms with Crippen LogP contribution in [0.25, 0.3) is 0 Å². The largest absolute Gasteiger partial charge is 0.470 e. The Morgan fingerprint density at radius 2 is 1.45 bits per heavy atom. The molecule has 22 heavy (non-hydrogen) atoms. The molecule has 0 aliphatic rings. The quantitative estimate of drug-likeness (QED) is 0.263. The van der Waals surface area contributed by atoms with Crippen LogP contribution < -0.4 is 0 Å². The van der Waals surface area contributed by atoms with Crippen LogP contribution in [0.4, 0.5) is 0 Å². The number of alkyl halides is 7. The number of hydrogen-bond donors (Lipinski definition) is 2. The second kappa shape index (κ2) is 11.3. The summed E-state index contributed by atoms with van der Waals surface area (Å²) in [4.78, 5) is 18.7. The molecule has 0 aromatic rings. The normalized spacial score (nSPS) is 19.7. The Hall–Kier alpha value is 2.52. The van der Waals surface area contributed by atoms with Gasteiger partial charge in [-0.2, -0.15) is 0 Å². The molecule has 134 valence electrons. The average Bonchev–Trinajstić information content (AvgIpc) is 2.36. The summed E-state index contributed by atoms with van der Waals surface area (Å²) < 4.78 is 16.2. The highest BCUT2D eigenvalue weighted by molar-refractivity contribution is 9.24. The van der Waals surface area contributed by atoms with Gasteiger partial charge in [-0.05, 0) is 12.8 Å². The molecule has 0 heterocycles. The van der Waals surface area contributed by atoms with Crippen LogP contribution >= 0.6 is 97.7 Å². The van der Waals surface area contributed by atoms with Crippen LogP contribution in [-0.2, 0) is 9.09 Å². The summed E-state index contributed by atoms with van der Waals surface area (Å²) in [6.45, 7) is 0. The monoisotopic (exact) mass is 564 g/mol.